The van der Waals surface area contributed by atoms with Crippen molar-refractivity contribution in [2.75, 3.05) is 13.1 Å². The Balaban J connectivity index is 1.61. The molecule has 66 heavy (non-hydrogen) atoms. The van der Waals surface area contributed by atoms with Crippen molar-refractivity contribution in [1.82, 2.24) is 9.80 Å². The lowest BCUT2D eigenvalue weighted by Crippen LogP contribution is -2.34. The standard InChI is InChI=1S/C60H92N2O4/c1-11-15-19-23-25-29-33-45(31-27-21-17-13-3)43-61-55(50-40-39-49(65-50)47-35-37-48(38-36-47)59(5,6)7)53-54(58(61)64)56(51-41-42-52(66-51)60(8,9)10)62(57(53)63)44-46(32-28-22-18-14-4)34-30-26-24-20-16-12-2/h35-42,45-46H,11-34,43-44H2,1-10H3. The number of hydrogen-bond acceptors (Lipinski definition) is 4. The van der Waals surface area contributed by atoms with E-state index in [1.807, 2.05) is 34.1 Å². The zero-order valence-electron chi connectivity index (χ0n) is 43.7. The van der Waals surface area contributed by atoms with E-state index in [1.54, 1.807) is 0 Å². The van der Waals surface area contributed by atoms with Gasteiger partial charge in [-0.15, -0.1) is 0 Å². The molecule has 6 nitrogen and oxygen atoms in total. The predicted octanol–water partition coefficient (Wildman–Crippen LogP) is 17.6. The molecule has 0 saturated carbocycles. The van der Waals surface area contributed by atoms with Crippen molar-refractivity contribution in [3.8, 4) is 11.3 Å². The molecule has 0 spiro atoms. The number of fused-ring (bicyclic) bond motifs is 1. The number of nitrogens with zero attached hydrogens (tertiary/aromatic N) is 2. The lowest BCUT2D eigenvalue weighted by atomic mass is 9.86. The average molecular weight is 905 g/mol. The van der Waals surface area contributed by atoms with Crippen molar-refractivity contribution in [1.29, 1.82) is 0 Å². The predicted molar refractivity (Wildman–Crippen MR) is 278 cm³/mol. The van der Waals surface area contributed by atoms with Gasteiger partial charge in [-0.3, -0.25) is 9.59 Å². The molecule has 3 aromatic rings. The second-order valence-corrected chi connectivity index (χ2v) is 22.2. The van der Waals surface area contributed by atoms with Crippen molar-refractivity contribution in [3.63, 3.8) is 0 Å². The Bertz CT molecular complexity index is 2000. The first-order valence-corrected chi connectivity index (χ1v) is 27.2. The van der Waals surface area contributed by atoms with E-state index < -0.39 is 0 Å². The smallest absolute Gasteiger partial charge is 0.261 e. The highest BCUT2D eigenvalue weighted by atomic mass is 16.3. The van der Waals surface area contributed by atoms with Crippen LogP contribution in [0.4, 0.5) is 0 Å². The normalized spacial score (nSPS) is 15.5. The first-order valence-electron chi connectivity index (χ1n) is 27.2. The van der Waals surface area contributed by atoms with Gasteiger partial charge >= 0.3 is 0 Å². The van der Waals surface area contributed by atoms with Gasteiger partial charge in [0, 0.05) is 24.1 Å². The number of carbonyl (C=O) groups excluding carboxylic acids is 2. The largest absolute Gasteiger partial charge is 0.459 e. The molecule has 0 saturated heterocycles. The van der Waals surface area contributed by atoms with Crippen LogP contribution in [-0.2, 0) is 20.4 Å². The first-order chi connectivity index (χ1) is 31.7. The summed E-state index contributed by atoms with van der Waals surface area (Å²) in [7, 11) is 0. The number of furan rings is 2. The molecule has 0 radical (unpaired) electrons. The van der Waals surface area contributed by atoms with Gasteiger partial charge < -0.3 is 18.6 Å². The van der Waals surface area contributed by atoms with E-state index in [0.29, 0.717) is 59.0 Å². The van der Waals surface area contributed by atoms with E-state index in [9.17, 15) is 0 Å². The molecule has 5 rings (SSSR count). The van der Waals surface area contributed by atoms with Gasteiger partial charge in [0.05, 0.1) is 11.1 Å². The lowest BCUT2D eigenvalue weighted by molar-refractivity contribution is -0.124. The molecule has 0 aliphatic carbocycles. The molecule has 2 atom stereocenters. The third-order valence-corrected chi connectivity index (χ3v) is 14.4. The summed E-state index contributed by atoms with van der Waals surface area (Å²) in [5.74, 6) is 3.24. The second-order valence-electron chi connectivity index (χ2n) is 22.2. The van der Waals surface area contributed by atoms with E-state index in [4.69, 9.17) is 8.83 Å². The Labute approximate surface area is 402 Å². The van der Waals surface area contributed by atoms with Crippen molar-refractivity contribution in [3.05, 3.63) is 82.5 Å². The summed E-state index contributed by atoms with van der Waals surface area (Å²) in [5.41, 5.74) is 4.31. The van der Waals surface area contributed by atoms with Crippen molar-refractivity contribution < 1.29 is 18.4 Å². The molecule has 0 bridgehead atoms. The van der Waals surface area contributed by atoms with E-state index >= 15 is 9.59 Å². The van der Waals surface area contributed by atoms with Gasteiger partial charge in [0.1, 0.15) is 22.9 Å². The maximum Gasteiger partial charge on any atom is 0.261 e. The minimum atomic E-state index is -0.233. The van der Waals surface area contributed by atoms with Crippen molar-refractivity contribution in [2.45, 2.75) is 234 Å². The number of hydrogen-bond donors (Lipinski definition) is 0. The van der Waals surface area contributed by atoms with Crippen LogP contribution in [0.2, 0.25) is 0 Å². The maximum atomic E-state index is 15.6. The number of rotatable bonds is 31. The monoisotopic (exact) mass is 905 g/mol. The Morgan fingerprint density at radius 2 is 0.788 bits per heavy atom. The summed E-state index contributed by atoms with van der Waals surface area (Å²) in [6, 6.07) is 16.7. The summed E-state index contributed by atoms with van der Waals surface area (Å²) in [4.78, 5) is 35.1. The fraction of sp³-hybridized carbons (Fsp3) is 0.667. The molecular weight excluding hydrogens is 813 g/mol. The number of benzene rings is 1. The van der Waals surface area contributed by atoms with Crippen LogP contribution in [-0.4, -0.2) is 34.7 Å². The van der Waals surface area contributed by atoms with Crippen LogP contribution in [0.15, 0.2) is 68.5 Å². The number of amides is 2. The molecule has 2 aromatic heterocycles. The molecule has 2 amide bonds. The highest BCUT2D eigenvalue weighted by molar-refractivity contribution is 6.30. The SMILES string of the molecule is CCCCCCCCC(CCCCCC)CN1C(=O)C2=C(c3ccc(C(C)(C)C)o3)N(CC(CCCCCC)CCCCCCCC)C(=O)C2=C1c1ccc(-c2ccc(C(C)(C)C)cc2)o1. The van der Waals surface area contributed by atoms with Gasteiger partial charge in [0.25, 0.3) is 11.8 Å². The van der Waals surface area contributed by atoms with Gasteiger partial charge in [0.15, 0.2) is 11.5 Å². The average Bonchev–Trinajstić information content (AvgIpc) is 4.09. The third-order valence-electron chi connectivity index (χ3n) is 14.4. The van der Waals surface area contributed by atoms with Crippen LogP contribution in [0.25, 0.3) is 22.7 Å². The molecule has 2 unspecified atom stereocenters. The lowest BCUT2D eigenvalue weighted by Gasteiger charge is -2.29. The first kappa shape index (κ1) is 53.2. The number of carbonyl (C=O) groups is 2. The van der Waals surface area contributed by atoms with Gasteiger partial charge in [-0.25, -0.2) is 0 Å². The van der Waals surface area contributed by atoms with Gasteiger partial charge in [-0.05, 0) is 72.8 Å². The van der Waals surface area contributed by atoms with E-state index in [2.05, 4.69) is 93.5 Å². The van der Waals surface area contributed by atoms with Crippen LogP contribution >= 0.6 is 0 Å². The Morgan fingerprint density at radius 1 is 0.424 bits per heavy atom. The molecule has 0 fully saturated rings. The zero-order chi connectivity index (χ0) is 47.7. The molecule has 1 aromatic carbocycles. The fourth-order valence-electron chi connectivity index (χ4n) is 10.2. The summed E-state index contributed by atoms with van der Waals surface area (Å²) in [6.45, 7) is 23.4. The van der Waals surface area contributed by atoms with Crippen LogP contribution in [0, 0.1) is 11.8 Å². The summed E-state index contributed by atoms with van der Waals surface area (Å²) >= 11 is 0. The zero-order valence-corrected chi connectivity index (χ0v) is 43.7. The van der Waals surface area contributed by atoms with E-state index in [-0.39, 0.29) is 22.6 Å². The van der Waals surface area contributed by atoms with E-state index in [1.165, 1.54) is 108 Å². The van der Waals surface area contributed by atoms with Crippen LogP contribution in [0.3, 0.4) is 0 Å². The maximum absolute atomic E-state index is 15.6. The quantitative estimate of drug-likeness (QED) is 0.0603. The molecule has 6 heteroatoms. The Kier molecular flexibility index (Phi) is 21.0. The van der Waals surface area contributed by atoms with Crippen LogP contribution in [0.1, 0.15) is 246 Å². The Morgan fingerprint density at radius 3 is 1.18 bits per heavy atom. The highest BCUT2D eigenvalue weighted by Gasteiger charge is 2.51. The molecular formula is C60H92N2O4. The molecule has 2 aliphatic heterocycles. The van der Waals surface area contributed by atoms with Crippen molar-refractivity contribution in [2.24, 2.45) is 11.8 Å². The third kappa shape index (κ3) is 14.6. The summed E-state index contributed by atoms with van der Waals surface area (Å²) in [5, 5.41) is 0. The fourth-order valence-corrected chi connectivity index (χ4v) is 10.2. The van der Waals surface area contributed by atoms with E-state index in [0.717, 1.165) is 68.5 Å². The van der Waals surface area contributed by atoms with Gasteiger partial charge in [-0.1, -0.05) is 222 Å². The molecule has 366 valence electrons. The van der Waals surface area contributed by atoms with Gasteiger partial charge in [0.2, 0.25) is 0 Å². The molecule has 4 heterocycles. The molecule has 2 aliphatic rings. The minimum Gasteiger partial charge on any atom is -0.459 e. The highest BCUT2D eigenvalue weighted by Crippen LogP contribution is 2.49. The number of unbranched alkanes of at least 4 members (excludes halogenated alkanes) is 16. The Hall–Kier alpha value is -3.80. The van der Waals surface area contributed by atoms with Gasteiger partial charge in [-0.2, -0.15) is 0 Å². The second kappa shape index (κ2) is 26.1. The van der Waals surface area contributed by atoms with Crippen LogP contribution < -0.4 is 0 Å². The molecule has 0 N–H and O–H groups in total. The minimum absolute atomic E-state index is 0.0343. The summed E-state index contributed by atoms with van der Waals surface area (Å²) < 4.78 is 13.6. The summed E-state index contributed by atoms with van der Waals surface area (Å²) in [6.07, 6.45) is 28.8. The topological polar surface area (TPSA) is 66.9 Å². The van der Waals surface area contributed by atoms with Crippen molar-refractivity contribution >= 4 is 23.2 Å². The van der Waals surface area contributed by atoms with Crippen LogP contribution in [0.5, 0.6) is 0 Å².